The first-order valence-corrected chi connectivity index (χ1v) is 7.92. The molecule has 0 spiro atoms. The summed E-state index contributed by atoms with van der Waals surface area (Å²) in [6, 6.07) is 7.41. The van der Waals surface area contributed by atoms with E-state index < -0.39 is 10.0 Å². The van der Waals surface area contributed by atoms with E-state index in [1.54, 1.807) is 6.07 Å². The van der Waals surface area contributed by atoms with Crippen LogP contribution in [0.4, 0.5) is 5.69 Å². The van der Waals surface area contributed by atoms with Crippen LogP contribution in [0.15, 0.2) is 24.3 Å². The van der Waals surface area contributed by atoms with Crippen molar-refractivity contribution < 1.29 is 8.42 Å². The summed E-state index contributed by atoms with van der Waals surface area (Å²) in [7, 11) is 0.649. The van der Waals surface area contributed by atoms with E-state index in [-0.39, 0.29) is 5.75 Å². The molecule has 1 aromatic carbocycles. The maximum Gasteiger partial charge on any atom is 0.232 e. The van der Waals surface area contributed by atoms with Crippen molar-refractivity contribution in [2.75, 3.05) is 30.5 Å². The predicted octanol–water partition coefficient (Wildman–Crippen LogP) is 2.12. The maximum absolute atomic E-state index is 11.7. The van der Waals surface area contributed by atoms with Gasteiger partial charge < -0.3 is 4.90 Å². The van der Waals surface area contributed by atoms with E-state index in [9.17, 15) is 8.42 Å². The average molecular weight is 291 g/mol. The third kappa shape index (κ3) is 5.71. The second kappa shape index (κ2) is 6.97. The molecule has 0 unspecified atom stereocenters. The van der Waals surface area contributed by atoms with Crippen LogP contribution >= 0.6 is 11.6 Å². The Morgan fingerprint density at radius 3 is 2.67 bits per heavy atom. The first-order chi connectivity index (χ1) is 8.43. The first kappa shape index (κ1) is 15.3. The predicted molar refractivity (Wildman–Crippen MR) is 76.6 cm³/mol. The number of rotatable bonds is 7. The van der Waals surface area contributed by atoms with Gasteiger partial charge in [0.1, 0.15) is 0 Å². The molecular formula is C12H19ClN2O2S. The quantitative estimate of drug-likeness (QED) is 0.783. The average Bonchev–Trinajstić information content (AvgIpc) is 2.25. The van der Waals surface area contributed by atoms with Crippen LogP contribution in [0.25, 0.3) is 0 Å². The van der Waals surface area contributed by atoms with E-state index in [2.05, 4.69) is 4.72 Å². The molecule has 0 aromatic heterocycles. The Kier molecular flexibility index (Phi) is 5.91. The highest BCUT2D eigenvalue weighted by atomic mass is 35.5. The fourth-order valence-electron chi connectivity index (χ4n) is 1.57. The van der Waals surface area contributed by atoms with Gasteiger partial charge in [-0.25, -0.2) is 8.42 Å². The molecule has 0 bridgehead atoms. The van der Waals surface area contributed by atoms with E-state index in [1.807, 2.05) is 37.2 Å². The number of hydrogen-bond donors (Lipinski definition) is 1. The summed E-state index contributed by atoms with van der Waals surface area (Å²) in [5, 5.41) is 0. The number of nitrogens with zero attached hydrogens (tertiary/aromatic N) is 1. The monoisotopic (exact) mass is 290 g/mol. The number of anilines is 1. The normalized spacial score (nSPS) is 11.8. The van der Waals surface area contributed by atoms with Crippen molar-refractivity contribution in [1.82, 2.24) is 4.90 Å². The molecule has 102 valence electrons. The lowest BCUT2D eigenvalue weighted by molar-refractivity contribution is 0.402. The van der Waals surface area contributed by atoms with Gasteiger partial charge in [0, 0.05) is 18.1 Å². The molecule has 0 aliphatic heterocycles. The Balaban J connectivity index is 2.72. The summed E-state index contributed by atoms with van der Waals surface area (Å²) >= 11 is 5.50. The van der Waals surface area contributed by atoms with E-state index in [0.717, 1.165) is 12.1 Å². The Morgan fingerprint density at radius 1 is 1.33 bits per heavy atom. The topological polar surface area (TPSA) is 49.4 Å². The van der Waals surface area contributed by atoms with E-state index in [4.69, 9.17) is 11.6 Å². The molecule has 0 saturated carbocycles. The number of benzene rings is 1. The molecule has 0 atom stereocenters. The Bertz CT molecular complexity index is 475. The molecule has 18 heavy (non-hydrogen) atoms. The minimum Gasteiger partial charge on any atom is -0.305 e. The molecule has 1 N–H and O–H groups in total. The summed E-state index contributed by atoms with van der Waals surface area (Å²) in [6.45, 7) is 0.775. The summed E-state index contributed by atoms with van der Waals surface area (Å²) in [6.07, 6.45) is 0.453. The minimum atomic E-state index is -3.29. The summed E-state index contributed by atoms with van der Waals surface area (Å²) in [5.74, 6) is 0.399. The van der Waals surface area contributed by atoms with Crippen LogP contribution in [0.3, 0.4) is 0 Å². The van der Waals surface area contributed by atoms with Crippen molar-refractivity contribution in [2.24, 2.45) is 0 Å². The van der Waals surface area contributed by atoms with Gasteiger partial charge in [0.25, 0.3) is 0 Å². The zero-order valence-electron chi connectivity index (χ0n) is 10.7. The van der Waals surface area contributed by atoms with Gasteiger partial charge in [-0.1, -0.05) is 12.1 Å². The van der Waals surface area contributed by atoms with Crippen molar-refractivity contribution in [3.8, 4) is 0 Å². The molecule has 0 aliphatic carbocycles. The Labute approximate surface area is 114 Å². The highest BCUT2D eigenvalue weighted by Gasteiger charge is 2.09. The fraction of sp³-hybridized carbons (Fsp3) is 0.500. The van der Waals surface area contributed by atoms with Gasteiger partial charge in [-0.3, -0.25) is 4.72 Å². The summed E-state index contributed by atoms with van der Waals surface area (Å²) in [4.78, 5) is 2.03. The second-order valence-corrected chi connectivity index (χ2v) is 6.62. The fourth-order valence-corrected chi connectivity index (χ4v) is 2.98. The largest absolute Gasteiger partial charge is 0.305 e. The van der Waals surface area contributed by atoms with Gasteiger partial charge in [0.2, 0.25) is 10.0 Å². The van der Waals surface area contributed by atoms with Gasteiger partial charge in [-0.05, 0) is 38.2 Å². The smallest absolute Gasteiger partial charge is 0.232 e. The van der Waals surface area contributed by atoms with Gasteiger partial charge in [0.15, 0.2) is 0 Å². The van der Waals surface area contributed by atoms with E-state index >= 15 is 0 Å². The second-order valence-electron chi connectivity index (χ2n) is 4.40. The highest BCUT2D eigenvalue weighted by Crippen LogP contribution is 2.13. The third-order valence-electron chi connectivity index (χ3n) is 2.25. The van der Waals surface area contributed by atoms with Crippen LogP contribution < -0.4 is 4.72 Å². The van der Waals surface area contributed by atoms with Crippen molar-refractivity contribution >= 4 is 27.3 Å². The van der Waals surface area contributed by atoms with E-state index in [1.165, 1.54) is 0 Å². The van der Waals surface area contributed by atoms with Crippen molar-refractivity contribution in [1.29, 1.82) is 0 Å². The van der Waals surface area contributed by atoms with E-state index in [0.29, 0.717) is 18.0 Å². The molecule has 4 nitrogen and oxygen atoms in total. The molecule has 1 aromatic rings. The third-order valence-corrected chi connectivity index (χ3v) is 3.89. The van der Waals surface area contributed by atoms with Crippen LogP contribution in [0, 0.1) is 0 Å². The number of hydrogen-bond acceptors (Lipinski definition) is 3. The van der Waals surface area contributed by atoms with Crippen LogP contribution in [-0.4, -0.2) is 39.0 Å². The van der Waals surface area contributed by atoms with Gasteiger partial charge >= 0.3 is 0 Å². The number of alkyl halides is 1. The van der Waals surface area contributed by atoms with Crippen LogP contribution in [0.1, 0.15) is 12.0 Å². The molecule has 0 radical (unpaired) electrons. The summed E-state index contributed by atoms with van der Waals surface area (Å²) < 4.78 is 26.0. The molecule has 0 amide bonds. The van der Waals surface area contributed by atoms with Gasteiger partial charge in [0.05, 0.1) is 5.75 Å². The first-order valence-electron chi connectivity index (χ1n) is 5.73. The zero-order chi connectivity index (χ0) is 13.6. The molecule has 0 saturated heterocycles. The molecule has 0 heterocycles. The molecule has 0 aliphatic rings. The molecule has 6 heteroatoms. The number of nitrogens with one attached hydrogen (secondary N) is 1. The molecule has 0 fully saturated rings. The Morgan fingerprint density at radius 2 is 2.06 bits per heavy atom. The number of sulfonamides is 1. The van der Waals surface area contributed by atoms with Crippen molar-refractivity contribution in [2.45, 2.75) is 13.0 Å². The van der Waals surface area contributed by atoms with Crippen LogP contribution in [0.5, 0.6) is 0 Å². The summed E-state index contributed by atoms with van der Waals surface area (Å²) in [5.41, 5.74) is 1.67. The van der Waals surface area contributed by atoms with Crippen molar-refractivity contribution in [3.05, 3.63) is 29.8 Å². The standard InChI is InChI=1S/C12H19ClN2O2S/c1-15(2)10-11-5-3-6-12(9-11)14-18(16,17)8-4-7-13/h3,5-6,9,14H,4,7-8,10H2,1-2H3. The lowest BCUT2D eigenvalue weighted by Gasteiger charge is -2.12. The lowest BCUT2D eigenvalue weighted by Crippen LogP contribution is -2.17. The SMILES string of the molecule is CN(C)Cc1cccc(NS(=O)(=O)CCCCl)c1. The highest BCUT2D eigenvalue weighted by molar-refractivity contribution is 7.92. The lowest BCUT2D eigenvalue weighted by atomic mass is 10.2. The van der Waals surface area contributed by atoms with Crippen molar-refractivity contribution in [3.63, 3.8) is 0 Å². The van der Waals surface area contributed by atoms with Gasteiger partial charge in [-0.2, -0.15) is 0 Å². The Hall–Kier alpha value is -0.780. The molecule has 1 rings (SSSR count). The van der Waals surface area contributed by atoms with Crippen LogP contribution in [-0.2, 0) is 16.6 Å². The van der Waals surface area contributed by atoms with Crippen LogP contribution in [0.2, 0.25) is 0 Å². The maximum atomic E-state index is 11.7. The number of halogens is 1. The zero-order valence-corrected chi connectivity index (χ0v) is 12.3. The minimum absolute atomic E-state index is 0.0500. The van der Waals surface area contributed by atoms with Gasteiger partial charge in [-0.15, -0.1) is 11.6 Å². The molecular weight excluding hydrogens is 272 g/mol.